The highest BCUT2D eigenvalue weighted by Gasteiger charge is 2.37. The maximum absolute atomic E-state index is 4.49. The molecule has 106 valence electrons. The van der Waals surface area contributed by atoms with Gasteiger partial charge in [-0.1, -0.05) is 59.7 Å². The SMILES string of the molecule is Cc1cccc(C2=NN=C(c3cccc(C)c3)C2(C)C)c1. The van der Waals surface area contributed by atoms with Crippen molar-refractivity contribution >= 4 is 11.4 Å². The summed E-state index contributed by atoms with van der Waals surface area (Å²) in [5.41, 5.74) is 6.72. The number of nitrogens with zero attached hydrogens (tertiary/aromatic N) is 2. The van der Waals surface area contributed by atoms with Crippen LogP contribution in [0.3, 0.4) is 0 Å². The molecule has 0 saturated heterocycles. The number of benzene rings is 2. The largest absolute Gasteiger partial charge is 0.154 e. The third-order valence-corrected chi connectivity index (χ3v) is 4.02. The van der Waals surface area contributed by atoms with Crippen LogP contribution in [0.1, 0.15) is 36.1 Å². The molecule has 3 rings (SSSR count). The van der Waals surface area contributed by atoms with E-state index in [0.717, 1.165) is 22.6 Å². The molecule has 0 bridgehead atoms. The van der Waals surface area contributed by atoms with E-state index in [1.807, 2.05) is 0 Å². The van der Waals surface area contributed by atoms with Gasteiger partial charge >= 0.3 is 0 Å². The lowest BCUT2D eigenvalue weighted by Gasteiger charge is -2.23. The van der Waals surface area contributed by atoms with Crippen LogP contribution in [-0.4, -0.2) is 11.4 Å². The van der Waals surface area contributed by atoms with Crippen molar-refractivity contribution in [2.45, 2.75) is 27.7 Å². The van der Waals surface area contributed by atoms with E-state index in [4.69, 9.17) is 0 Å². The van der Waals surface area contributed by atoms with E-state index in [-0.39, 0.29) is 5.41 Å². The van der Waals surface area contributed by atoms with Crippen molar-refractivity contribution in [3.8, 4) is 0 Å². The van der Waals surface area contributed by atoms with Crippen LogP contribution in [0.4, 0.5) is 0 Å². The van der Waals surface area contributed by atoms with Gasteiger partial charge in [0.25, 0.3) is 0 Å². The molecule has 0 aliphatic carbocycles. The van der Waals surface area contributed by atoms with Crippen LogP contribution in [-0.2, 0) is 0 Å². The molecule has 0 fully saturated rings. The van der Waals surface area contributed by atoms with Crippen LogP contribution in [0, 0.1) is 19.3 Å². The van der Waals surface area contributed by atoms with Gasteiger partial charge in [-0.15, -0.1) is 0 Å². The molecular formula is C19H20N2. The minimum atomic E-state index is -0.179. The van der Waals surface area contributed by atoms with Gasteiger partial charge in [0.15, 0.2) is 0 Å². The van der Waals surface area contributed by atoms with Crippen molar-refractivity contribution in [3.05, 3.63) is 70.8 Å². The molecule has 0 unspecified atom stereocenters. The fourth-order valence-electron chi connectivity index (χ4n) is 2.88. The van der Waals surface area contributed by atoms with Gasteiger partial charge in [-0.25, -0.2) is 0 Å². The monoisotopic (exact) mass is 276 g/mol. The highest BCUT2D eigenvalue weighted by Crippen LogP contribution is 2.33. The van der Waals surface area contributed by atoms with Gasteiger partial charge < -0.3 is 0 Å². The first-order chi connectivity index (χ1) is 9.98. The first kappa shape index (κ1) is 13.7. The van der Waals surface area contributed by atoms with E-state index < -0.39 is 0 Å². The van der Waals surface area contributed by atoms with Crippen LogP contribution < -0.4 is 0 Å². The second-order valence-corrected chi connectivity index (χ2v) is 6.26. The van der Waals surface area contributed by atoms with Gasteiger partial charge in [-0.05, 0) is 38.8 Å². The summed E-state index contributed by atoms with van der Waals surface area (Å²) >= 11 is 0. The van der Waals surface area contributed by atoms with Gasteiger partial charge in [-0.3, -0.25) is 0 Å². The Morgan fingerprint density at radius 1 is 0.714 bits per heavy atom. The first-order valence-corrected chi connectivity index (χ1v) is 7.29. The van der Waals surface area contributed by atoms with Crippen LogP contribution in [0.5, 0.6) is 0 Å². The Hall–Kier alpha value is -2.22. The summed E-state index contributed by atoms with van der Waals surface area (Å²) < 4.78 is 0. The number of hydrogen-bond donors (Lipinski definition) is 0. The Kier molecular flexibility index (Phi) is 3.25. The van der Waals surface area contributed by atoms with E-state index in [1.165, 1.54) is 11.1 Å². The lowest BCUT2D eigenvalue weighted by atomic mass is 9.77. The molecule has 21 heavy (non-hydrogen) atoms. The average molecular weight is 276 g/mol. The van der Waals surface area contributed by atoms with E-state index in [1.54, 1.807) is 0 Å². The molecule has 2 aromatic carbocycles. The predicted molar refractivity (Wildman–Crippen MR) is 89.2 cm³/mol. The highest BCUT2D eigenvalue weighted by atomic mass is 15.2. The van der Waals surface area contributed by atoms with Crippen LogP contribution in [0.2, 0.25) is 0 Å². The Morgan fingerprint density at radius 2 is 1.14 bits per heavy atom. The molecule has 0 N–H and O–H groups in total. The fourth-order valence-corrected chi connectivity index (χ4v) is 2.88. The Labute approximate surface area is 126 Å². The molecule has 2 heteroatoms. The third kappa shape index (κ3) is 2.42. The third-order valence-electron chi connectivity index (χ3n) is 4.02. The quantitative estimate of drug-likeness (QED) is 0.769. The second-order valence-electron chi connectivity index (χ2n) is 6.26. The maximum atomic E-state index is 4.49. The maximum Gasteiger partial charge on any atom is 0.0819 e. The van der Waals surface area contributed by atoms with Gasteiger partial charge in [0.1, 0.15) is 0 Å². The van der Waals surface area contributed by atoms with Crippen molar-refractivity contribution in [2.24, 2.45) is 15.6 Å². The fraction of sp³-hybridized carbons (Fsp3) is 0.263. The zero-order valence-electron chi connectivity index (χ0n) is 13.0. The van der Waals surface area contributed by atoms with Gasteiger partial charge in [0.2, 0.25) is 0 Å². The molecular weight excluding hydrogens is 256 g/mol. The molecule has 2 aromatic rings. The summed E-state index contributed by atoms with van der Waals surface area (Å²) in [5, 5.41) is 8.98. The summed E-state index contributed by atoms with van der Waals surface area (Å²) in [5.74, 6) is 0. The van der Waals surface area contributed by atoms with E-state index in [9.17, 15) is 0 Å². The average Bonchev–Trinajstić information content (AvgIpc) is 2.74. The minimum absolute atomic E-state index is 0.179. The molecule has 1 aliphatic rings. The van der Waals surface area contributed by atoms with Gasteiger partial charge in [0, 0.05) is 0 Å². The van der Waals surface area contributed by atoms with Crippen molar-refractivity contribution in [3.63, 3.8) is 0 Å². The number of hydrogen-bond acceptors (Lipinski definition) is 2. The van der Waals surface area contributed by atoms with Gasteiger partial charge in [-0.2, -0.15) is 10.2 Å². The van der Waals surface area contributed by atoms with Gasteiger partial charge in [0.05, 0.1) is 16.8 Å². The minimum Gasteiger partial charge on any atom is -0.154 e. The molecule has 0 atom stereocenters. The Morgan fingerprint density at radius 3 is 1.52 bits per heavy atom. The molecule has 0 spiro atoms. The lowest BCUT2D eigenvalue weighted by molar-refractivity contribution is 0.745. The second kappa shape index (κ2) is 4.96. The summed E-state index contributed by atoms with van der Waals surface area (Å²) in [6, 6.07) is 16.9. The molecule has 0 radical (unpaired) electrons. The van der Waals surface area contributed by atoms with E-state index in [2.05, 4.69) is 86.4 Å². The molecule has 1 heterocycles. The zero-order valence-corrected chi connectivity index (χ0v) is 13.0. The van der Waals surface area contributed by atoms with Crippen LogP contribution >= 0.6 is 0 Å². The Bertz CT molecular complexity index is 688. The lowest BCUT2D eigenvalue weighted by Crippen LogP contribution is -2.31. The standard InChI is InChI=1S/C19H20N2/c1-13-7-5-9-15(11-13)17-19(3,4)18(21-20-17)16-10-6-8-14(2)12-16/h5-12H,1-4H3. The summed E-state index contributed by atoms with van der Waals surface area (Å²) in [6.45, 7) is 8.60. The number of rotatable bonds is 2. The van der Waals surface area contributed by atoms with Crippen LogP contribution in [0.15, 0.2) is 58.7 Å². The number of aryl methyl sites for hydroxylation is 2. The summed E-state index contributed by atoms with van der Waals surface area (Å²) in [7, 11) is 0. The molecule has 1 aliphatic heterocycles. The van der Waals surface area contributed by atoms with Crippen molar-refractivity contribution in [1.82, 2.24) is 0 Å². The molecule has 2 nitrogen and oxygen atoms in total. The van der Waals surface area contributed by atoms with E-state index >= 15 is 0 Å². The van der Waals surface area contributed by atoms with Crippen molar-refractivity contribution in [2.75, 3.05) is 0 Å². The summed E-state index contributed by atoms with van der Waals surface area (Å²) in [6.07, 6.45) is 0. The first-order valence-electron chi connectivity index (χ1n) is 7.29. The Balaban J connectivity index is 2.00. The van der Waals surface area contributed by atoms with Crippen molar-refractivity contribution in [1.29, 1.82) is 0 Å². The molecule has 0 saturated carbocycles. The normalized spacial score (nSPS) is 16.6. The van der Waals surface area contributed by atoms with E-state index in [0.29, 0.717) is 0 Å². The topological polar surface area (TPSA) is 24.7 Å². The smallest absolute Gasteiger partial charge is 0.0819 e. The molecule has 0 aromatic heterocycles. The van der Waals surface area contributed by atoms with Crippen molar-refractivity contribution < 1.29 is 0 Å². The highest BCUT2D eigenvalue weighted by molar-refractivity contribution is 6.25. The zero-order chi connectivity index (χ0) is 15.0. The van der Waals surface area contributed by atoms with Crippen LogP contribution in [0.25, 0.3) is 0 Å². The predicted octanol–water partition coefficient (Wildman–Crippen LogP) is 4.54. The molecule has 0 amide bonds. The summed E-state index contributed by atoms with van der Waals surface area (Å²) in [4.78, 5) is 0.